The first-order valence-corrected chi connectivity index (χ1v) is 16.7. The average Bonchev–Trinajstić information content (AvgIpc) is 3.94. The maximum Gasteiger partial charge on any atom is 0.341 e. The summed E-state index contributed by atoms with van der Waals surface area (Å²) in [6.45, 7) is 9.23. The number of fused-ring (bicyclic) bond motifs is 2. The third-order valence-electron chi connectivity index (χ3n) is 9.44. The number of aromatic nitrogens is 2. The van der Waals surface area contributed by atoms with E-state index >= 15 is 4.39 Å². The van der Waals surface area contributed by atoms with Crippen molar-refractivity contribution in [2.75, 3.05) is 62.7 Å². The second kappa shape index (κ2) is 14.1. The van der Waals surface area contributed by atoms with Crippen LogP contribution in [0.1, 0.15) is 53.4 Å². The molecule has 3 aliphatic rings. The number of methoxy groups -OCH3 is 1. The molecule has 266 valence electrons. The van der Waals surface area contributed by atoms with Crippen LogP contribution in [0.2, 0.25) is 0 Å². The van der Waals surface area contributed by atoms with E-state index in [1.807, 2.05) is 23.6 Å². The van der Waals surface area contributed by atoms with Crippen LogP contribution in [0.5, 0.6) is 5.75 Å². The third kappa shape index (κ3) is 6.50. The van der Waals surface area contributed by atoms with Gasteiger partial charge in [0.15, 0.2) is 11.6 Å². The average molecular weight is 695 g/mol. The summed E-state index contributed by atoms with van der Waals surface area (Å²) in [5.74, 6) is -3.39. The fourth-order valence-electron chi connectivity index (χ4n) is 6.82. The summed E-state index contributed by atoms with van der Waals surface area (Å²) < 4.78 is 38.6. The van der Waals surface area contributed by atoms with Gasteiger partial charge in [0.1, 0.15) is 22.6 Å². The Bertz CT molecular complexity index is 2110. The monoisotopic (exact) mass is 694 g/mol. The van der Waals surface area contributed by atoms with Crippen LogP contribution in [0.4, 0.5) is 20.2 Å². The van der Waals surface area contributed by atoms with Crippen LogP contribution < -0.4 is 36.0 Å². The number of nitrogens with zero attached hydrogens (tertiary/aromatic N) is 4. The van der Waals surface area contributed by atoms with Gasteiger partial charge in [0.2, 0.25) is 10.9 Å². The SMILES string of the molecule is CCn1cc(C(=O)O)c(=O)c2cc(F)c(N3CCNCC3)cc21.COc1c(N2CCNC(C)C2)c(F)cc2c(=O)c(C(=O)O)cn(C3CC3)c12. The molecule has 0 spiro atoms. The Labute approximate surface area is 285 Å². The molecular formula is C35H40F2N6O7. The molecule has 7 rings (SSSR count). The maximum atomic E-state index is 15.1. The quantitative estimate of drug-likeness (QED) is 0.225. The fourth-order valence-corrected chi connectivity index (χ4v) is 6.82. The van der Waals surface area contributed by atoms with Crippen LogP contribution in [0.3, 0.4) is 0 Å². The van der Waals surface area contributed by atoms with E-state index in [1.54, 1.807) is 15.2 Å². The number of aryl methyl sites for hydroxylation is 1. The molecule has 4 heterocycles. The number of aromatic carboxylic acids is 2. The molecule has 2 aromatic carbocycles. The Morgan fingerprint density at radius 1 is 0.900 bits per heavy atom. The van der Waals surface area contributed by atoms with Gasteiger partial charge in [-0.05, 0) is 44.9 Å². The number of hydrogen-bond donors (Lipinski definition) is 4. The Morgan fingerprint density at radius 2 is 1.52 bits per heavy atom. The lowest BCUT2D eigenvalue weighted by molar-refractivity contribution is 0.0684. The van der Waals surface area contributed by atoms with E-state index in [1.165, 1.54) is 19.5 Å². The Hall–Kier alpha value is -5.02. The van der Waals surface area contributed by atoms with E-state index in [2.05, 4.69) is 10.6 Å². The predicted octanol–water partition coefficient (Wildman–Crippen LogP) is 3.25. The van der Waals surface area contributed by atoms with Crippen molar-refractivity contribution in [1.29, 1.82) is 0 Å². The molecule has 2 aliphatic heterocycles. The molecule has 1 aliphatic carbocycles. The summed E-state index contributed by atoms with van der Waals surface area (Å²) in [5, 5.41) is 25.2. The summed E-state index contributed by atoms with van der Waals surface area (Å²) in [7, 11) is 1.45. The van der Waals surface area contributed by atoms with Gasteiger partial charge in [-0.1, -0.05) is 0 Å². The molecule has 13 nitrogen and oxygen atoms in total. The zero-order valence-electron chi connectivity index (χ0n) is 28.1. The highest BCUT2D eigenvalue weighted by Gasteiger charge is 2.32. The first-order chi connectivity index (χ1) is 23.9. The molecule has 1 saturated carbocycles. The van der Waals surface area contributed by atoms with Crippen molar-refractivity contribution in [2.24, 2.45) is 0 Å². The molecule has 4 aromatic rings. The molecule has 0 amide bonds. The number of pyridine rings is 2. The summed E-state index contributed by atoms with van der Waals surface area (Å²) in [5.41, 5.74) is -0.225. The number of carboxylic acid groups (broad SMARTS) is 2. The molecular weight excluding hydrogens is 654 g/mol. The minimum atomic E-state index is -1.31. The molecule has 4 N–H and O–H groups in total. The van der Waals surface area contributed by atoms with E-state index in [4.69, 9.17) is 9.84 Å². The van der Waals surface area contributed by atoms with Crippen LogP contribution in [0.15, 0.2) is 40.2 Å². The van der Waals surface area contributed by atoms with E-state index in [0.29, 0.717) is 60.9 Å². The smallest absolute Gasteiger partial charge is 0.341 e. The normalized spacial score (nSPS) is 17.8. The lowest BCUT2D eigenvalue weighted by atomic mass is 10.1. The second-order valence-electron chi connectivity index (χ2n) is 12.8. The number of piperazine rings is 2. The molecule has 2 aromatic heterocycles. The fraction of sp³-hybridized carbons (Fsp3) is 0.429. The van der Waals surface area contributed by atoms with Crippen LogP contribution >= 0.6 is 0 Å². The van der Waals surface area contributed by atoms with E-state index in [0.717, 1.165) is 44.6 Å². The lowest BCUT2D eigenvalue weighted by Crippen LogP contribution is -2.49. The molecule has 1 unspecified atom stereocenters. The number of hydrogen-bond acceptors (Lipinski definition) is 9. The third-order valence-corrected chi connectivity index (χ3v) is 9.44. The van der Waals surface area contributed by atoms with Gasteiger partial charge in [0.25, 0.3) is 0 Å². The number of benzene rings is 2. The number of carbonyl (C=O) groups is 2. The summed E-state index contributed by atoms with van der Waals surface area (Å²) in [6.07, 6.45) is 4.47. The van der Waals surface area contributed by atoms with Crippen LogP contribution in [0, 0.1) is 11.6 Å². The Kier molecular flexibility index (Phi) is 9.80. The highest BCUT2D eigenvalue weighted by atomic mass is 19.1. The second-order valence-corrected chi connectivity index (χ2v) is 12.8. The highest BCUT2D eigenvalue weighted by Crippen LogP contribution is 2.43. The predicted molar refractivity (Wildman–Crippen MR) is 186 cm³/mol. The van der Waals surface area contributed by atoms with E-state index < -0.39 is 34.4 Å². The van der Waals surface area contributed by atoms with Gasteiger partial charge in [-0.3, -0.25) is 9.59 Å². The van der Waals surface area contributed by atoms with Crippen molar-refractivity contribution in [3.8, 4) is 5.75 Å². The number of nitrogens with one attached hydrogen (secondary N) is 2. The van der Waals surface area contributed by atoms with Gasteiger partial charge in [-0.25, -0.2) is 18.4 Å². The zero-order valence-corrected chi connectivity index (χ0v) is 28.1. The number of halogens is 2. The first-order valence-electron chi connectivity index (χ1n) is 16.7. The van der Waals surface area contributed by atoms with E-state index in [9.17, 15) is 28.7 Å². The highest BCUT2D eigenvalue weighted by molar-refractivity contribution is 5.97. The van der Waals surface area contributed by atoms with Crippen molar-refractivity contribution in [3.63, 3.8) is 0 Å². The zero-order chi connectivity index (χ0) is 35.9. The van der Waals surface area contributed by atoms with Crippen molar-refractivity contribution in [1.82, 2.24) is 19.8 Å². The van der Waals surface area contributed by atoms with Gasteiger partial charge in [-0.2, -0.15) is 0 Å². The van der Waals surface area contributed by atoms with Gasteiger partial charge in [0.05, 0.1) is 29.2 Å². The number of ether oxygens (including phenoxy) is 1. The summed E-state index contributed by atoms with van der Waals surface area (Å²) in [4.78, 5) is 51.5. The minimum absolute atomic E-state index is 0.0445. The molecule has 15 heteroatoms. The lowest BCUT2D eigenvalue weighted by Gasteiger charge is -2.35. The van der Waals surface area contributed by atoms with Crippen LogP contribution in [-0.4, -0.2) is 90.3 Å². The molecule has 2 saturated heterocycles. The Morgan fingerprint density at radius 3 is 2.12 bits per heavy atom. The minimum Gasteiger partial charge on any atom is -0.492 e. The van der Waals surface area contributed by atoms with Crippen molar-refractivity contribution in [2.45, 2.75) is 45.3 Å². The van der Waals surface area contributed by atoms with Crippen LogP contribution in [0.25, 0.3) is 21.8 Å². The van der Waals surface area contributed by atoms with Crippen LogP contribution in [-0.2, 0) is 6.54 Å². The first kappa shape index (κ1) is 34.8. The van der Waals surface area contributed by atoms with Crippen molar-refractivity contribution in [3.05, 3.63) is 73.8 Å². The van der Waals surface area contributed by atoms with Gasteiger partial charge < -0.3 is 44.5 Å². The summed E-state index contributed by atoms with van der Waals surface area (Å²) >= 11 is 0. The van der Waals surface area contributed by atoms with Crippen molar-refractivity contribution >= 4 is 45.1 Å². The molecule has 1 atom stereocenters. The maximum absolute atomic E-state index is 15.1. The number of carboxylic acids is 2. The van der Waals surface area contributed by atoms with Gasteiger partial charge >= 0.3 is 11.9 Å². The standard InChI is InChI=1S/C19H22FN3O4.C16H18FN3O3/c1-10-8-22(6-5-21-10)16-14(20)7-12-15(18(16)27-2)23(11-3-4-11)9-13(17(12)24)19(25)26;1-2-19-9-11(16(22)23)15(21)10-7-12(17)14(8-13(10)19)20-5-3-18-4-6-20/h7,9-11,21H,3-6,8H2,1-2H3,(H,25,26);7-9,18H,2-6H2,1H3,(H,22,23). The molecule has 0 bridgehead atoms. The van der Waals surface area contributed by atoms with Crippen molar-refractivity contribution < 1.29 is 33.3 Å². The molecule has 0 radical (unpaired) electrons. The molecule has 3 fully saturated rings. The van der Waals surface area contributed by atoms with Gasteiger partial charge in [0, 0.05) is 82.2 Å². The van der Waals surface area contributed by atoms with E-state index in [-0.39, 0.29) is 34.0 Å². The largest absolute Gasteiger partial charge is 0.492 e. The summed E-state index contributed by atoms with van der Waals surface area (Å²) in [6, 6.07) is 4.26. The number of rotatable bonds is 7. The number of anilines is 2. The Balaban J connectivity index is 0.000000175. The van der Waals surface area contributed by atoms with Gasteiger partial charge in [-0.15, -0.1) is 0 Å². The molecule has 50 heavy (non-hydrogen) atoms. The topological polar surface area (TPSA) is 158 Å².